The van der Waals surface area contributed by atoms with Crippen LogP contribution in [-0.2, 0) is 9.59 Å². The van der Waals surface area contributed by atoms with Gasteiger partial charge in [-0.05, 0) is 54.1 Å². The van der Waals surface area contributed by atoms with Crippen LogP contribution >= 0.6 is 22.9 Å². The van der Waals surface area contributed by atoms with Crippen LogP contribution in [0.2, 0.25) is 5.02 Å². The molecule has 0 radical (unpaired) electrons. The van der Waals surface area contributed by atoms with Crippen molar-refractivity contribution in [3.8, 4) is 17.2 Å². The number of hydrogen-bond acceptors (Lipinski definition) is 8. The number of aromatic nitrogens is 1. The minimum Gasteiger partial charge on any atom is -0.507 e. The van der Waals surface area contributed by atoms with Gasteiger partial charge in [-0.1, -0.05) is 35.1 Å². The first-order valence-electron chi connectivity index (χ1n) is 11.4. The number of carbonyl (C=O) groups is 2. The highest BCUT2D eigenvalue weighted by molar-refractivity contribution is 7.22. The number of benzene rings is 3. The van der Waals surface area contributed by atoms with Crippen molar-refractivity contribution in [2.24, 2.45) is 0 Å². The van der Waals surface area contributed by atoms with Crippen LogP contribution in [-0.4, -0.2) is 42.1 Å². The second kappa shape index (κ2) is 9.10. The number of amides is 1. The van der Waals surface area contributed by atoms with Gasteiger partial charge in [-0.2, -0.15) is 0 Å². The van der Waals surface area contributed by atoms with Gasteiger partial charge in [-0.3, -0.25) is 14.5 Å². The zero-order chi connectivity index (χ0) is 25.7. The van der Waals surface area contributed by atoms with Gasteiger partial charge in [-0.15, -0.1) is 0 Å². The molecule has 0 bridgehead atoms. The van der Waals surface area contributed by atoms with Crippen molar-refractivity contribution < 1.29 is 28.9 Å². The molecule has 3 heterocycles. The van der Waals surface area contributed by atoms with Gasteiger partial charge in [0.15, 0.2) is 16.6 Å². The molecule has 6 rings (SSSR count). The third kappa shape index (κ3) is 3.96. The Labute approximate surface area is 220 Å². The first kappa shape index (κ1) is 23.3. The Morgan fingerprint density at radius 3 is 2.70 bits per heavy atom. The summed E-state index contributed by atoms with van der Waals surface area (Å²) in [4.78, 5) is 32.8. The number of ketones is 1. The van der Waals surface area contributed by atoms with E-state index in [0.29, 0.717) is 57.3 Å². The number of thiazole rings is 1. The molecule has 2 aliphatic rings. The molecule has 2 aliphatic heterocycles. The van der Waals surface area contributed by atoms with Gasteiger partial charge in [0.05, 0.1) is 28.9 Å². The molecular weight excluding hydrogens is 516 g/mol. The van der Waals surface area contributed by atoms with Crippen molar-refractivity contribution in [1.82, 2.24) is 4.98 Å². The number of ether oxygens (including phenoxy) is 3. The van der Waals surface area contributed by atoms with E-state index in [9.17, 15) is 14.7 Å². The molecule has 4 aromatic rings. The molecule has 0 unspecified atom stereocenters. The maximum Gasteiger partial charge on any atom is 0.301 e. The van der Waals surface area contributed by atoms with E-state index in [0.717, 1.165) is 4.70 Å². The molecule has 8 nitrogen and oxygen atoms in total. The number of carbonyl (C=O) groups excluding carboxylic acids is 2. The number of Topliss-reactive ketones (excluding diaryl/α,β-unsaturated/α-hetero) is 1. The lowest BCUT2D eigenvalue weighted by Gasteiger charge is -2.23. The number of halogens is 1. The Kier molecular flexibility index (Phi) is 5.73. The number of methoxy groups -OCH3 is 1. The second-order valence-electron chi connectivity index (χ2n) is 8.41. The van der Waals surface area contributed by atoms with Crippen LogP contribution < -0.4 is 19.1 Å². The van der Waals surface area contributed by atoms with Crippen LogP contribution in [0.4, 0.5) is 5.13 Å². The van der Waals surface area contributed by atoms with Gasteiger partial charge < -0.3 is 19.3 Å². The summed E-state index contributed by atoms with van der Waals surface area (Å²) in [7, 11) is 1.53. The van der Waals surface area contributed by atoms with E-state index in [4.69, 9.17) is 25.8 Å². The number of aliphatic hydroxyl groups excluding tert-OH is 1. The maximum absolute atomic E-state index is 13.5. The Hall–Kier alpha value is -4.08. The monoisotopic (exact) mass is 534 g/mol. The highest BCUT2D eigenvalue weighted by Crippen LogP contribution is 2.45. The Morgan fingerprint density at radius 2 is 1.89 bits per heavy atom. The van der Waals surface area contributed by atoms with Crippen LogP contribution in [0.5, 0.6) is 17.2 Å². The number of hydrogen-bond donors (Lipinski definition) is 1. The predicted octanol–water partition coefficient (Wildman–Crippen LogP) is 5.36. The standard InChI is InChI=1S/C27H19ClN2O6S/c1-34-17-4-2-3-14(11-17)23-22(24(31)15-5-8-19-20(12-15)36-10-9-35-19)25(32)26(33)30(23)27-29-18-7-6-16(28)13-21(18)37-27/h2-8,11-13,23,31H,9-10H2,1H3/t23-/m0/s1. The summed E-state index contributed by atoms with van der Waals surface area (Å²) in [5, 5.41) is 12.3. The average Bonchev–Trinajstić information content (AvgIpc) is 3.45. The maximum atomic E-state index is 13.5. The lowest BCUT2D eigenvalue weighted by atomic mass is 9.95. The lowest BCUT2D eigenvalue weighted by molar-refractivity contribution is -0.132. The van der Waals surface area contributed by atoms with Crippen molar-refractivity contribution in [1.29, 1.82) is 0 Å². The molecule has 186 valence electrons. The lowest BCUT2D eigenvalue weighted by Crippen LogP contribution is -2.29. The Morgan fingerprint density at radius 1 is 1.08 bits per heavy atom. The highest BCUT2D eigenvalue weighted by Gasteiger charge is 2.48. The zero-order valence-electron chi connectivity index (χ0n) is 19.4. The summed E-state index contributed by atoms with van der Waals surface area (Å²) in [6, 6.07) is 16.2. The molecular formula is C27H19ClN2O6S. The molecule has 1 saturated heterocycles. The molecule has 0 spiro atoms. The fourth-order valence-electron chi connectivity index (χ4n) is 4.49. The van der Waals surface area contributed by atoms with Crippen LogP contribution in [0.25, 0.3) is 16.0 Å². The van der Waals surface area contributed by atoms with Gasteiger partial charge in [0, 0.05) is 10.6 Å². The Bertz CT molecular complexity index is 1610. The molecule has 37 heavy (non-hydrogen) atoms. The predicted molar refractivity (Wildman–Crippen MR) is 140 cm³/mol. The molecule has 1 atom stereocenters. The highest BCUT2D eigenvalue weighted by atomic mass is 35.5. The van der Waals surface area contributed by atoms with E-state index in [1.807, 2.05) is 0 Å². The van der Waals surface area contributed by atoms with E-state index in [1.165, 1.54) is 23.3 Å². The van der Waals surface area contributed by atoms with Crippen molar-refractivity contribution in [3.63, 3.8) is 0 Å². The zero-order valence-corrected chi connectivity index (χ0v) is 21.0. The van der Waals surface area contributed by atoms with Gasteiger partial charge in [-0.25, -0.2) is 4.98 Å². The summed E-state index contributed by atoms with van der Waals surface area (Å²) in [6.07, 6.45) is 0. The topological polar surface area (TPSA) is 98.2 Å². The fourth-order valence-corrected chi connectivity index (χ4v) is 5.76. The molecule has 1 amide bonds. The van der Waals surface area contributed by atoms with Gasteiger partial charge >= 0.3 is 5.91 Å². The van der Waals surface area contributed by atoms with E-state index >= 15 is 0 Å². The summed E-state index contributed by atoms with van der Waals surface area (Å²) >= 11 is 7.39. The van der Waals surface area contributed by atoms with Crippen LogP contribution in [0.15, 0.2) is 66.2 Å². The summed E-state index contributed by atoms with van der Waals surface area (Å²) in [5.74, 6) is -0.408. The average molecular weight is 535 g/mol. The number of fused-ring (bicyclic) bond motifs is 2. The van der Waals surface area contributed by atoms with E-state index in [2.05, 4.69) is 4.98 Å². The van der Waals surface area contributed by atoms with Crippen LogP contribution in [0.3, 0.4) is 0 Å². The molecule has 1 fully saturated rings. The number of anilines is 1. The van der Waals surface area contributed by atoms with Crippen molar-refractivity contribution >= 4 is 55.7 Å². The van der Waals surface area contributed by atoms with Crippen molar-refractivity contribution in [3.05, 3.63) is 82.4 Å². The summed E-state index contributed by atoms with van der Waals surface area (Å²) < 4.78 is 17.4. The quantitative estimate of drug-likeness (QED) is 0.214. The molecule has 1 aromatic heterocycles. The molecule has 10 heteroatoms. The van der Waals surface area contributed by atoms with Crippen molar-refractivity contribution in [2.45, 2.75) is 6.04 Å². The third-order valence-corrected chi connectivity index (χ3v) is 7.47. The second-order valence-corrected chi connectivity index (χ2v) is 9.86. The SMILES string of the molecule is COc1cccc([C@H]2C(=C(O)c3ccc4c(c3)OCCO4)C(=O)C(=O)N2c2nc3ccc(Cl)cc3s2)c1. The summed E-state index contributed by atoms with van der Waals surface area (Å²) in [5.41, 5.74) is 1.48. The smallest absolute Gasteiger partial charge is 0.301 e. The summed E-state index contributed by atoms with van der Waals surface area (Å²) in [6.45, 7) is 0.791. The Balaban J connectivity index is 1.55. The number of rotatable bonds is 4. The molecule has 0 saturated carbocycles. The number of nitrogens with zero attached hydrogens (tertiary/aromatic N) is 2. The first-order valence-corrected chi connectivity index (χ1v) is 12.5. The van der Waals surface area contributed by atoms with E-state index in [-0.39, 0.29) is 11.3 Å². The van der Waals surface area contributed by atoms with Crippen LogP contribution in [0.1, 0.15) is 17.2 Å². The molecule has 0 aliphatic carbocycles. The minimum absolute atomic E-state index is 0.0628. The largest absolute Gasteiger partial charge is 0.507 e. The van der Waals surface area contributed by atoms with E-state index in [1.54, 1.807) is 60.7 Å². The molecule has 1 N–H and O–H groups in total. The number of aliphatic hydroxyl groups is 1. The van der Waals surface area contributed by atoms with Gasteiger partial charge in [0.25, 0.3) is 5.78 Å². The van der Waals surface area contributed by atoms with Gasteiger partial charge in [0.1, 0.15) is 24.7 Å². The first-order chi connectivity index (χ1) is 17.9. The minimum atomic E-state index is -0.945. The third-order valence-electron chi connectivity index (χ3n) is 6.21. The van der Waals surface area contributed by atoms with Crippen LogP contribution in [0, 0.1) is 0 Å². The van der Waals surface area contributed by atoms with E-state index < -0.39 is 17.7 Å². The van der Waals surface area contributed by atoms with Crippen molar-refractivity contribution in [2.75, 3.05) is 25.2 Å². The van der Waals surface area contributed by atoms with Gasteiger partial charge in [0.2, 0.25) is 0 Å². The molecule has 3 aromatic carbocycles. The fraction of sp³-hybridized carbons (Fsp3) is 0.148. The normalized spacial score (nSPS) is 18.4.